The number of Topliss-reactive ketones (excluding diaryl/α,β-unsaturated/α-hetero) is 1. The quantitative estimate of drug-likeness (QED) is 0.455. The monoisotopic (exact) mass is 286 g/mol. The molecule has 0 N–H and O–H groups in total. The molecule has 1 aromatic carbocycles. The number of hydrogen-bond acceptors (Lipinski definition) is 3. The van der Waals surface area contributed by atoms with Crippen molar-refractivity contribution < 1.29 is 18.7 Å². The van der Waals surface area contributed by atoms with Crippen LogP contribution in [0.5, 0.6) is 0 Å². The smallest absolute Gasteiger partial charge is 0.316 e. The number of benzene rings is 1. The Labute approximate surface area is 116 Å². The number of rotatable bonds is 6. The van der Waals surface area contributed by atoms with Crippen LogP contribution >= 0.6 is 11.6 Å². The minimum absolute atomic E-state index is 0.134. The third-order valence-electron chi connectivity index (χ3n) is 2.67. The molecule has 1 unspecified atom stereocenters. The van der Waals surface area contributed by atoms with Crippen LogP contribution in [-0.4, -0.2) is 18.4 Å². The van der Waals surface area contributed by atoms with Gasteiger partial charge in [0.25, 0.3) is 0 Å². The van der Waals surface area contributed by atoms with Crippen molar-refractivity contribution in [1.29, 1.82) is 0 Å². The number of ether oxygens (including phenoxy) is 1. The Kier molecular flexibility index (Phi) is 5.96. The molecule has 1 aromatic rings. The van der Waals surface area contributed by atoms with Crippen molar-refractivity contribution in [1.82, 2.24) is 0 Å². The SMILES string of the molecule is CCCC(C(=O)OCC)C(=O)c1ccc(F)c(Cl)c1. The molecular formula is C14H16ClFO3. The van der Waals surface area contributed by atoms with Crippen LogP contribution in [0.15, 0.2) is 18.2 Å². The highest BCUT2D eigenvalue weighted by Crippen LogP contribution is 2.21. The molecule has 0 aliphatic carbocycles. The van der Waals surface area contributed by atoms with E-state index in [1.165, 1.54) is 12.1 Å². The maximum absolute atomic E-state index is 13.1. The van der Waals surface area contributed by atoms with Crippen molar-refractivity contribution in [3.8, 4) is 0 Å². The molecule has 0 saturated carbocycles. The first-order valence-corrected chi connectivity index (χ1v) is 6.54. The highest BCUT2D eigenvalue weighted by molar-refractivity contribution is 6.31. The fourth-order valence-corrected chi connectivity index (χ4v) is 1.92. The lowest BCUT2D eigenvalue weighted by Crippen LogP contribution is -2.26. The van der Waals surface area contributed by atoms with Gasteiger partial charge in [0.1, 0.15) is 11.7 Å². The summed E-state index contributed by atoms with van der Waals surface area (Å²) in [5, 5.41) is -0.134. The average Bonchev–Trinajstić information content (AvgIpc) is 2.38. The van der Waals surface area contributed by atoms with Gasteiger partial charge in [0.05, 0.1) is 11.6 Å². The number of halogens is 2. The predicted molar refractivity (Wildman–Crippen MR) is 70.8 cm³/mol. The molecule has 0 saturated heterocycles. The maximum atomic E-state index is 13.1. The summed E-state index contributed by atoms with van der Waals surface area (Å²) in [6, 6.07) is 3.68. The Morgan fingerprint density at radius 2 is 2.05 bits per heavy atom. The zero-order valence-corrected chi connectivity index (χ0v) is 11.7. The van der Waals surface area contributed by atoms with Crippen LogP contribution in [0.4, 0.5) is 4.39 Å². The van der Waals surface area contributed by atoms with E-state index in [1.807, 2.05) is 6.92 Å². The average molecular weight is 287 g/mol. The van der Waals surface area contributed by atoms with Gasteiger partial charge < -0.3 is 4.74 Å². The van der Waals surface area contributed by atoms with E-state index in [9.17, 15) is 14.0 Å². The topological polar surface area (TPSA) is 43.4 Å². The first-order valence-electron chi connectivity index (χ1n) is 6.17. The van der Waals surface area contributed by atoms with Crippen LogP contribution in [0.25, 0.3) is 0 Å². The maximum Gasteiger partial charge on any atom is 0.316 e. The van der Waals surface area contributed by atoms with Crippen LogP contribution in [0.2, 0.25) is 5.02 Å². The lowest BCUT2D eigenvalue weighted by atomic mass is 9.93. The Morgan fingerprint density at radius 1 is 1.37 bits per heavy atom. The number of hydrogen-bond donors (Lipinski definition) is 0. The summed E-state index contributed by atoms with van der Waals surface area (Å²) in [6.07, 6.45) is 1.07. The standard InChI is InChI=1S/C14H16ClFO3/c1-3-5-10(14(18)19-4-2)13(17)9-6-7-12(16)11(15)8-9/h6-8,10H,3-5H2,1-2H3. The fraction of sp³-hybridized carbons (Fsp3) is 0.429. The molecule has 1 rings (SSSR count). The van der Waals surface area contributed by atoms with Crippen molar-refractivity contribution in [2.24, 2.45) is 5.92 Å². The van der Waals surface area contributed by atoms with Crippen LogP contribution in [0, 0.1) is 11.7 Å². The zero-order valence-electron chi connectivity index (χ0n) is 10.9. The van der Waals surface area contributed by atoms with Crippen molar-refractivity contribution in [2.75, 3.05) is 6.61 Å². The van der Waals surface area contributed by atoms with Gasteiger partial charge in [-0.1, -0.05) is 24.9 Å². The molecule has 3 nitrogen and oxygen atoms in total. The minimum Gasteiger partial charge on any atom is -0.465 e. The van der Waals surface area contributed by atoms with E-state index < -0.39 is 17.7 Å². The van der Waals surface area contributed by atoms with Gasteiger partial charge in [-0.15, -0.1) is 0 Å². The molecule has 0 heterocycles. The van der Waals surface area contributed by atoms with Crippen LogP contribution < -0.4 is 0 Å². The Hall–Kier alpha value is -1.42. The largest absolute Gasteiger partial charge is 0.465 e. The molecule has 0 bridgehead atoms. The van der Waals surface area contributed by atoms with E-state index in [0.29, 0.717) is 12.8 Å². The summed E-state index contributed by atoms with van der Waals surface area (Å²) >= 11 is 5.64. The third-order valence-corrected chi connectivity index (χ3v) is 2.96. The van der Waals surface area contributed by atoms with Crippen molar-refractivity contribution >= 4 is 23.4 Å². The van der Waals surface area contributed by atoms with E-state index in [2.05, 4.69) is 0 Å². The molecule has 0 aromatic heterocycles. The van der Waals surface area contributed by atoms with Gasteiger partial charge in [-0.25, -0.2) is 4.39 Å². The van der Waals surface area contributed by atoms with Gasteiger partial charge in [-0.3, -0.25) is 9.59 Å². The molecular weight excluding hydrogens is 271 g/mol. The van der Waals surface area contributed by atoms with E-state index in [0.717, 1.165) is 6.07 Å². The molecule has 0 radical (unpaired) electrons. The van der Waals surface area contributed by atoms with E-state index in [4.69, 9.17) is 16.3 Å². The van der Waals surface area contributed by atoms with Crippen LogP contribution in [-0.2, 0) is 9.53 Å². The minimum atomic E-state index is -0.855. The summed E-state index contributed by atoms with van der Waals surface area (Å²) in [7, 11) is 0. The molecule has 0 spiro atoms. The molecule has 5 heteroatoms. The summed E-state index contributed by atoms with van der Waals surface area (Å²) in [4.78, 5) is 24.0. The van der Waals surface area contributed by atoms with Gasteiger partial charge in [0, 0.05) is 5.56 Å². The molecule has 0 aliphatic heterocycles. The van der Waals surface area contributed by atoms with Crippen molar-refractivity contribution in [3.63, 3.8) is 0 Å². The second-order valence-corrected chi connectivity index (χ2v) is 4.49. The summed E-state index contributed by atoms with van der Waals surface area (Å²) < 4.78 is 17.9. The van der Waals surface area contributed by atoms with E-state index in [1.54, 1.807) is 6.92 Å². The summed E-state index contributed by atoms with van der Waals surface area (Å²) in [5.74, 6) is -2.38. The molecule has 19 heavy (non-hydrogen) atoms. The van der Waals surface area contributed by atoms with Crippen LogP contribution in [0.3, 0.4) is 0 Å². The first-order chi connectivity index (χ1) is 9.01. The zero-order chi connectivity index (χ0) is 14.4. The van der Waals surface area contributed by atoms with Crippen molar-refractivity contribution in [2.45, 2.75) is 26.7 Å². The highest BCUT2D eigenvalue weighted by Gasteiger charge is 2.28. The number of carbonyl (C=O) groups excluding carboxylic acids is 2. The van der Waals surface area contributed by atoms with Gasteiger partial charge in [-0.2, -0.15) is 0 Å². The van der Waals surface area contributed by atoms with Crippen LogP contribution in [0.1, 0.15) is 37.0 Å². The highest BCUT2D eigenvalue weighted by atomic mass is 35.5. The Balaban J connectivity index is 2.98. The molecule has 0 fully saturated rings. The Morgan fingerprint density at radius 3 is 2.58 bits per heavy atom. The second-order valence-electron chi connectivity index (χ2n) is 4.09. The second kappa shape index (κ2) is 7.24. The lowest BCUT2D eigenvalue weighted by Gasteiger charge is -2.13. The van der Waals surface area contributed by atoms with Gasteiger partial charge in [-0.05, 0) is 31.5 Å². The number of carbonyl (C=O) groups is 2. The molecule has 0 amide bonds. The summed E-state index contributed by atoms with van der Waals surface area (Å²) in [5.41, 5.74) is 0.220. The number of esters is 1. The van der Waals surface area contributed by atoms with E-state index >= 15 is 0 Å². The molecule has 104 valence electrons. The van der Waals surface area contributed by atoms with Crippen molar-refractivity contribution in [3.05, 3.63) is 34.6 Å². The lowest BCUT2D eigenvalue weighted by molar-refractivity contribution is -0.146. The molecule has 0 aliphatic rings. The first kappa shape index (κ1) is 15.6. The van der Waals surface area contributed by atoms with Gasteiger partial charge in [0.2, 0.25) is 0 Å². The van der Waals surface area contributed by atoms with E-state index in [-0.39, 0.29) is 23.0 Å². The normalized spacial score (nSPS) is 12.0. The fourth-order valence-electron chi connectivity index (χ4n) is 1.74. The molecule has 1 atom stereocenters. The van der Waals surface area contributed by atoms with Gasteiger partial charge in [0.15, 0.2) is 5.78 Å². The Bertz CT molecular complexity index is 474. The third kappa shape index (κ3) is 4.03. The predicted octanol–water partition coefficient (Wildman–Crippen LogP) is 3.64. The summed E-state index contributed by atoms with van der Waals surface area (Å²) in [6.45, 7) is 3.77. The number of ketones is 1. The van der Waals surface area contributed by atoms with Gasteiger partial charge >= 0.3 is 5.97 Å².